The average Bonchev–Trinajstić information content (AvgIpc) is 2.03. The molecule has 11 heavy (non-hydrogen) atoms. The Morgan fingerprint density at radius 3 is 2.73 bits per heavy atom. The van der Waals surface area contributed by atoms with Gasteiger partial charge in [-0.05, 0) is 12.5 Å². The van der Waals surface area contributed by atoms with Crippen LogP contribution in [-0.4, -0.2) is 5.33 Å². The van der Waals surface area contributed by atoms with E-state index in [0.29, 0.717) is 4.83 Å². The molecule has 0 radical (unpaired) electrons. The summed E-state index contributed by atoms with van der Waals surface area (Å²) in [5.41, 5.74) is 2.65. The summed E-state index contributed by atoms with van der Waals surface area (Å²) < 4.78 is 0. The van der Waals surface area contributed by atoms with Gasteiger partial charge in [0, 0.05) is 10.2 Å². The molecule has 0 amide bonds. The summed E-state index contributed by atoms with van der Waals surface area (Å²) in [5.74, 6) is 0. The highest BCUT2D eigenvalue weighted by Crippen LogP contribution is 2.24. The fourth-order valence-electron chi connectivity index (χ4n) is 0.954. The summed E-state index contributed by atoms with van der Waals surface area (Å²) in [7, 11) is 0. The molecule has 2 heteroatoms. The predicted octanol–water partition coefficient (Wildman–Crippen LogP) is 3.83. The van der Waals surface area contributed by atoms with Gasteiger partial charge in [0.2, 0.25) is 0 Å². The molecular weight excluding hydrogens is 268 g/mol. The molecule has 0 saturated carbocycles. The molecule has 0 saturated heterocycles. The Hall–Kier alpha value is 0.180. The Morgan fingerprint density at radius 1 is 1.45 bits per heavy atom. The lowest BCUT2D eigenvalue weighted by Crippen LogP contribution is -1.90. The van der Waals surface area contributed by atoms with Crippen LogP contribution in [0.1, 0.15) is 16.0 Å². The lowest BCUT2D eigenvalue weighted by atomic mass is 10.1. The first-order chi connectivity index (χ1) is 5.24. The van der Waals surface area contributed by atoms with Gasteiger partial charge < -0.3 is 0 Å². The first-order valence-corrected chi connectivity index (χ1v) is 5.54. The van der Waals surface area contributed by atoms with E-state index in [2.05, 4.69) is 63.0 Å². The highest BCUT2D eigenvalue weighted by Gasteiger charge is 2.03. The monoisotopic (exact) mass is 276 g/mol. The Labute approximate surface area is 84.3 Å². The molecule has 0 aliphatic rings. The van der Waals surface area contributed by atoms with Gasteiger partial charge in [-0.2, -0.15) is 0 Å². The summed E-state index contributed by atoms with van der Waals surface area (Å²) in [4.78, 5) is 0.433. The molecule has 0 N–H and O–H groups in total. The summed E-state index contributed by atoms with van der Waals surface area (Å²) >= 11 is 7.00. The van der Waals surface area contributed by atoms with Crippen LogP contribution in [-0.2, 0) is 0 Å². The van der Waals surface area contributed by atoms with E-state index >= 15 is 0 Å². The third-order valence-electron chi connectivity index (χ3n) is 1.54. The van der Waals surface area contributed by atoms with E-state index in [9.17, 15) is 0 Å². The van der Waals surface area contributed by atoms with Crippen LogP contribution < -0.4 is 0 Å². The van der Waals surface area contributed by atoms with Crippen molar-refractivity contribution in [1.29, 1.82) is 0 Å². The quantitative estimate of drug-likeness (QED) is 0.721. The van der Waals surface area contributed by atoms with Gasteiger partial charge in [0.1, 0.15) is 0 Å². The second kappa shape index (κ2) is 4.27. The zero-order valence-electron chi connectivity index (χ0n) is 6.35. The number of alkyl halides is 2. The maximum Gasteiger partial charge on any atom is 0.0492 e. The van der Waals surface area contributed by atoms with Crippen LogP contribution >= 0.6 is 31.9 Å². The topological polar surface area (TPSA) is 0 Å². The fraction of sp³-hybridized carbons (Fsp3) is 0.333. The molecule has 1 atom stereocenters. The van der Waals surface area contributed by atoms with Crippen LogP contribution in [0.3, 0.4) is 0 Å². The maximum atomic E-state index is 3.57. The predicted molar refractivity (Wildman–Crippen MR) is 56.6 cm³/mol. The highest BCUT2D eigenvalue weighted by atomic mass is 79.9. The molecule has 1 aromatic carbocycles. The van der Waals surface area contributed by atoms with Crippen molar-refractivity contribution in [2.45, 2.75) is 11.8 Å². The van der Waals surface area contributed by atoms with Gasteiger partial charge in [0.15, 0.2) is 0 Å². The third-order valence-corrected chi connectivity index (χ3v) is 3.91. The van der Waals surface area contributed by atoms with Crippen molar-refractivity contribution in [3.63, 3.8) is 0 Å². The van der Waals surface area contributed by atoms with Gasteiger partial charge in [0.25, 0.3) is 0 Å². The van der Waals surface area contributed by atoms with Gasteiger partial charge in [-0.3, -0.25) is 0 Å². The Morgan fingerprint density at radius 2 is 2.18 bits per heavy atom. The number of halogens is 2. The van der Waals surface area contributed by atoms with Gasteiger partial charge in [-0.1, -0.05) is 61.7 Å². The van der Waals surface area contributed by atoms with Gasteiger partial charge >= 0.3 is 0 Å². The summed E-state index contributed by atoms with van der Waals surface area (Å²) in [6.45, 7) is 2.11. The molecule has 0 fully saturated rings. The van der Waals surface area contributed by atoms with Crippen LogP contribution in [0.5, 0.6) is 0 Å². The van der Waals surface area contributed by atoms with Crippen LogP contribution in [0.15, 0.2) is 24.3 Å². The van der Waals surface area contributed by atoms with Gasteiger partial charge in [-0.25, -0.2) is 0 Å². The molecule has 0 spiro atoms. The fourth-order valence-corrected chi connectivity index (χ4v) is 1.61. The minimum Gasteiger partial charge on any atom is -0.0912 e. The number of rotatable bonds is 2. The standard InChI is InChI=1S/C9H10Br2/c1-7-3-2-4-8(5-7)9(11)6-10/h2-5,9H,6H2,1H3. The van der Waals surface area contributed by atoms with Crippen molar-refractivity contribution in [3.8, 4) is 0 Å². The number of hydrogen-bond donors (Lipinski definition) is 0. The molecule has 1 rings (SSSR count). The molecule has 0 aliphatic heterocycles. The van der Waals surface area contributed by atoms with Crippen molar-refractivity contribution in [1.82, 2.24) is 0 Å². The normalized spacial score (nSPS) is 13.0. The van der Waals surface area contributed by atoms with E-state index in [-0.39, 0.29) is 0 Å². The largest absolute Gasteiger partial charge is 0.0912 e. The number of aryl methyl sites for hydroxylation is 1. The van der Waals surface area contributed by atoms with Gasteiger partial charge in [0.05, 0.1) is 0 Å². The number of benzene rings is 1. The van der Waals surface area contributed by atoms with E-state index in [1.54, 1.807) is 0 Å². The second-order valence-corrected chi connectivity index (χ2v) is 4.29. The van der Waals surface area contributed by atoms with E-state index < -0.39 is 0 Å². The molecule has 1 aromatic rings. The van der Waals surface area contributed by atoms with Crippen LogP contribution in [0.4, 0.5) is 0 Å². The van der Waals surface area contributed by atoms with Crippen molar-refractivity contribution < 1.29 is 0 Å². The third kappa shape index (κ3) is 2.60. The van der Waals surface area contributed by atoms with E-state index in [1.807, 2.05) is 0 Å². The lowest BCUT2D eigenvalue weighted by Gasteiger charge is -2.05. The van der Waals surface area contributed by atoms with Crippen molar-refractivity contribution in [2.24, 2.45) is 0 Å². The molecule has 0 bridgehead atoms. The summed E-state index contributed by atoms with van der Waals surface area (Å²) in [6, 6.07) is 8.52. The zero-order valence-corrected chi connectivity index (χ0v) is 9.52. The van der Waals surface area contributed by atoms with Crippen molar-refractivity contribution >= 4 is 31.9 Å². The lowest BCUT2D eigenvalue weighted by molar-refractivity contribution is 1.14. The van der Waals surface area contributed by atoms with E-state index in [4.69, 9.17) is 0 Å². The molecule has 1 unspecified atom stereocenters. The SMILES string of the molecule is Cc1cccc(C(Br)CBr)c1. The number of hydrogen-bond acceptors (Lipinski definition) is 0. The maximum absolute atomic E-state index is 3.57. The van der Waals surface area contributed by atoms with Gasteiger partial charge in [-0.15, -0.1) is 0 Å². The van der Waals surface area contributed by atoms with Crippen LogP contribution in [0.2, 0.25) is 0 Å². The van der Waals surface area contributed by atoms with Crippen molar-refractivity contribution in [3.05, 3.63) is 35.4 Å². The molecule has 60 valence electrons. The smallest absolute Gasteiger partial charge is 0.0492 e. The van der Waals surface area contributed by atoms with Crippen LogP contribution in [0.25, 0.3) is 0 Å². The molecular formula is C9H10Br2. The highest BCUT2D eigenvalue weighted by molar-refractivity contribution is 9.12. The summed E-state index contributed by atoms with van der Waals surface area (Å²) in [5, 5.41) is 0.955. The van der Waals surface area contributed by atoms with E-state index in [1.165, 1.54) is 11.1 Å². The zero-order chi connectivity index (χ0) is 8.27. The minimum atomic E-state index is 0.433. The van der Waals surface area contributed by atoms with Crippen molar-refractivity contribution in [2.75, 3.05) is 5.33 Å². The first-order valence-electron chi connectivity index (χ1n) is 3.50. The molecule has 0 aliphatic carbocycles. The second-order valence-electron chi connectivity index (χ2n) is 2.54. The average molecular weight is 278 g/mol. The Bertz CT molecular complexity index is 233. The molecule has 0 heterocycles. The van der Waals surface area contributed by atoms with E-state index in [0.717, 1.165) is 5.33 Å². The molecule has 0 aromatic heterocycles. The minimum absolute atomic E-state index is 0.433. The summed E-state index contributed by atoms with van der Waals surface area (Å²) in [6.07, 6.45) is 0. The molecule has 0 nitrogen and oxygen atoms in total. The first kappa shape index (κ1) is 9.27. The van der Waals surface area contributed by atoms with Crippen LogP contribution in [0, 0.1) is 6.92 Å². The Kier molecular flexibility index (Phi) is 3.60. The Balaban J connectivity index is 2.86.